The second kappa shape index (κ2) is 12.0. The molecular formula is C50H33N3O. The van der Waals surface area contributed by atoms with E-state index in [1.54, 1.807) is 0 Å². The summed E-state index contributed by atoms with van der Waals surface area (Å²) in [5, 5.41) is 6.03. The first-order chi connectivity index (χ1) is 26.8. The van der Waals surface area contributed by atoms with Crippen molar-refractivity contribution in [3.05, 3.63) is 227 Å². The minimum atomic E-state index is -0.549. The smallest absolute Gasteiger partial charge is 0.160 e. The molecule has 4 heteroatoms. The maximum atomic E-state index is 6.74. The molecule has 0 radical (unpaired) electrons. The molecule has 1 aliphatic carbocycles. The third-order valence-corrected chi connectivity index (χ3v) is 11.2. The molecule has 0 aromatic heterocycles. The van der Waals surface area contributed by atoms with Crippen molar-refractivity contribution in [2.75, 3.05) is 0 Å². The van der Waals surface area contributed by atoms with E-state index in [1.165, 1.54) is 33.0 Å². The fourth-order valence-electron chi connectivity index (χ4n) is 8.91. The van der Waals surface area contributed by atoms with E-state index in [-0.39, 0.29) is 6.17 Å². The van der Waals surface area contributed by atoms with Crippen LogP contribution < -0.4 is 10.1 Å². The summed E-state index contributed by atoms with van der Waals surface area (Å²) in [6, 6.07) is 66.6. The van der Waals surface area contributed by atoms with Crippen molar-refractivity contribution in [1.29, 1.82) is 0 Å². The molecule has 1 spiro atoms. The minimum absolute atomic E-state index is 0.338. The SMILES string of the molecule is c1ccc(C2=NC(c3ccccc3-c3ccc4c(c3)C3(c5ccccc5O4)c4ccccc4-c4ccccc43)=NC(c3cccc4ccccc34)N2)cc1. The molecule has 0 bridgehead atoms. The highest BCUT2D eigenvalue weighted by Gasteiger charge is 2.51. The normalized spacial score (nSPS) is 15.9. The Morgan fingerprint density at radius 1 is 0.463 bits per heavy atom. The van der Waals surface area contributed by atoms with Crippen molar-refractivity contribution in [1.82, 2.24) is 5.32 Å². The molecule has 54 heavy (non-hydrogen) atoms. The predicted molar refractivity (Wildman–Crippen MR) is 219 cm³/mol. The van der Waals surface area contributed by atoms with Gasteiger partial charge in [-0.3, -0.25) is 0 Å². The lowest BCUT2D eigenvalue weighted by Crippen LogP contribution is -2.33. The van der Waals surface area contributed by atoms with Gasteiger partial charge < -0.3 is 10.1 Å². The van der Waals surface area contributed by atoms with Crippen molar-refractivity contribution in [2.45, 2.75) is 11.6 Å². The van der Waals surface area contributed by atoms with Crippen molar-refractivity contribution < 1.29 is 4.74 Å². The molecule has 2 aliphatic heterocycles. The molecule has 1 atom stereocenters. The van der Waals surface area contributed by atoms with Gasteiger partial charge in [-0.25, -0.2) is 9.98 Å². The summed E-state index contributed by atoms with van der Waals surface area (Å²) >= 11 is 0. The summed E-state index contributed by atoms with van der Waals surface area (Å²) in [6.45, 7) is 0. The maximum absolute atomic E-state index is 6.74. The Bertz CT molecular complexity index is 2800. The van der Waals surface area contributed by atoms with E-state index in [0.29, 0.717) is 5.84 Å². The molecule has 0 saturated carbocycles. The van der Waals surface area contributed by atoms with Crippen molar-refractivity contribution >= 4 is 22.4 Å². The van der Waals surface area contributed by atoms with Gasteiger partial charge in [-0.15, -0.1) is 0 Å². The van der Waals surface area contributed by atoms with Gasteiger partial charge >= 0.3 is 0 Å². The topological polar surface area (TPSA) is 46.0 Å². The first-order valence-electron chi connectivity index (χ1n) is 18.4. The van der Waals surface area contributed by atoms with Gasteiger partial charge in [0, 0.05) is 27.8 Å². The summed E-state index contributed by atoms with van der Waals surface area (Å²) < 4.78 is 6.74. The zero-order valence-electron chi connectivity index (χ0n) is 29.3. The van der Waals surface area contributed by atoms with Crippen LogP contribution in [0.1, 0.15) is 45.1 Å². The first-order valence-corrected chi connectivity index (χ1v) is 18.4. The Morgan fingerprint density at radius 2 is 1.07 bits per heavy atom. The number of hydrogen-bond acceptors (Lipinski definition) is 4. The van der Waals surface area contributed by atoms with Crippen LogP contribution in [0, 0.1) is 0 Å². The van der Waals surface area contributed by atoms with E-state index >= 15 is 0 Å². The van der Waals surface area contributed by atoms with E-state index in [4.69, 9.17) is 14.7 Å². The highest BCUT2D eigenvalue weighted by atomic mass is 16.5. The molecule has 0 amide bonds. The minimum Gasteiger partial charge on any atom is -0.457 e. The molecule has 0 fully saturated rings. The van der Waals surface area contributed by atoms with Crippen LogP contribution >= 0.6 is 0 Å². The molecule has 4 nitrogen and oxygen atoms in total. The lowest BCUT2D eigenvalue weighted by Gasteiger charge is -2.39. The number of benzene rings is 8. The van der Waals surface area contributed by atoms with Gasteiger partial charge in [-0.1, -0.05) is 170 Å². The van der Waals surface area contributed by atoms with E-state index in [1.807, 2.05) is 18.2 Å². The lowest BCUT2D eigenvalue weighted by molar-refractivity contribution is 0.436. The lowest BCUT2D eigenvalue weighted by atomic mass is 9.65. The third-order valence-electron chi connectivity index (χ3n) is 11.2. The largest absolute Gasteiger partial charge is 0.457 e. The number of hydrogen-bond donors (Lipinski definition) is 1. The number of aliphatic imine (C=N–C) groups is 2. The summed E-state index contributed by atoms with van der Waals surface area (Å²) in [5.74, 6) is 3.23. The van der Waals surface area contributed by atoms with Gasteiger partial charge in [-0.2, -0.15) is 0 Å². The molecule has 0 saturated heterocycles. The van der Waals surface area contributed by atoms with E-state index in [9.17, 15) is 0 Å². The number of nitrogens with zero attached hydrogens (tertiary/aromatic N) is 2. The van der Waals surface area contributed by atoms with Crippen LogP contribution in [-0.4, -0.2) is 11.7 Å². The molecule has 8 aromatic rings. The van der Waals surface area contributed by atoms with Gasteiger partial charge in [0.05, 0.1) is 5.41 Å². The number of nitrogens with one attached hydrogen (secondary N) is 1. The standard InChI is InChI=1S/C50H33N3O/c1-2-16-33(17-3-1)47-51-48(53-49(52-47)40-24-14-18-32-15-4-5-19-35(32)40)39-23-7-6-20-36(39)34-29-30-46-44(31-34)50(43-27-12-13-28-45(43)54-46)41-25-10-8-21-37(41)38-22-9-11-26-42(38)50/h1-31,49H,(H,51,52,53). The van der Waals surface area contributed by atoms with Crippen LogP contribution in [-0.2, 0) is 5.41 Å². The van der Waals surface area contributed by atoms with Crippen LogP contribution in [0.2, 0.25) is 0 Å². The molecular weight excluding hydrogens is 659 g/mol. The zero-order chi connectivity index (χ0) is 35.6. The molecule has 254 valence electrons. The van der Waals surface area contributed by atoms with Crippen molar-refractivity contribution in [3.63, 3.8) is 0 Å². The fourth-order valence-corrected chi connectivity index (χ4v) is 8.91. The summed E-state index contributed by atoms with van der Waals surface area (Å²) in [4.78, 5) is 10.6. The van der Waals surface area contributed by atoms with Gasteiger partial charge in [0.2, 0.25) is 0 Å². The van der Waals surface area contributed by atoms with Crippen LogP contribution in [0.3, 0.4) is 0 Å². The summed E-state index contributed by atoms with van der Waals surface area (Å²) in [5.41, 5.74) is 12.0. The Kier molecular flexibility index (Phi) is 6.80. The monoisotopic (exact) mass is 691 g/mol. The Morgan fingerprint density at radius 3 is 1.87 bits per heavy atom. The van der Waals surface area contributed by atoms with Crippen LogP contribution in [0.4, 0.5) is 0 Å². The maximum Gasteiger partial charge on any atom is 0.160 e. The zero-order valence-corrected chi connectivity index (χ0v) is 29.3. The van der Waals surface area contributed by atoms with Crippen LogP contribution in [0.5, 0.6) is 11.5 Å². The number of amidine groups is 2. The number of rotatable bonds is 4. The molecule has 3 aliphatic rings. The quantitative estimate of drug-likeness (QED) is 0.200. The van der Waals surface area contributed by atoms with E-state index in [2.05, 4.69) is 175 Å². The Labute approximate surface area is 313 Å². The van der Waals surface area contributed by atoms with E-state index < -0.39 is 5.41 Å². The highest BCUT2D eigenvalue weighted by molar-refractivity contribution is 6.15. The highest BCUT2D eigenvalue weighted by Crippen LogP contribution is 2.62. The second-order valence-electron chi connectivity index (χ2n) is 14.1. The van der Waals surface area contributed by atoms with Crippen molar-refractivity contribution in [2.24, 2.45) is 9.98 Å². The number of para-hydroxylation sites is 1. The molecule has 2 heterocycles. The number of fused-ring (bicyclic) bond motifs is 10. The average Bonchev–Trinajstić information content (AvgIpc) is 3.54. The Hall–Kier alpha value is -7.04. The summed E-state index contributed by atoms with van der Waals surface area (Å²) in [6.07, 6.45) is -0.338. The third kappa shape index (κ3) is 4.50. The second-order valence-corrected chi connectivity index (χ2v) is 14.1. The van der Waals surface area contributed by atoms with Crippen molar-refractivity contribution in [3.8, 4) is 33.8 Å². The van der Waals surface area contributed by atoms with Gasteiger partial charge in [0.15, 0.2) is 5.84 Å². The molecule has 11 rings (SSSR count). The van der Waals surface area contributed by atoms with Crippen LogP contribution in [0.15, 0.2) is 198 Å². The molecule has 8 aromatic carbocycles. The number of ether oxygens (including phenoxy) is 1. The molecule has 1 unspecified atom stereocenters. The van der Waals surface area contributed by atoms with Gasteiger partial charge in [-0.05, 0) is 62.4 Å². The first kappa shape index (κ1) is 30.6. The summed E-state index contributed by atoms with van der Waals surface area (Å²) in [7, 11) is 0. The predicted octanol–water partition coefficient (Wildman–Crippen LogP) is 11.5. The van der Waals surface area contributed by atoms with Gasteiger partial charge in [0.1, 0.15) is 23.5 Å². The van der Waals surface area contributed by atoms with Crippen LogP contribution in [0.25, 0.3) is 33.0 Å². The van der Waals surface area contributed by atoms with E-state index in [0.717, 1.165) is 56.3 Å². The fraction of sp³-hybridized carbons (Fsp3) is 0.0400. The average molecular weight is 692 g/mol. The Balaban J connectivity index is 1.12. The molecule has 1 N–H and O–H groups in total. The van der Waals surface area contributed by atoms with Gasteiger partial charge in [0.25, 0.3) is 0 Å².